The van der Waals surface area contributed by atoms with E-state index in [4.69, 9.17) is 23.2 Å². The van der Waals surface area contributed by atoms with Crippen LogP contribution in [0.3, 0.4) is 0 Å². The monoisotopic (exact) mass is 205 g/mol. The van der Waals surface area contributed by atoms with Crippen LogP contribution in [0.25, 0.3) is 0 Å². The van der Waals surface area contributed by atoms with Crippen LogP contribution in [0.2, 0.25) is 0 Å². The van der Waals surface area contributed by atoms with E-state index in [-0.39, 0.29) is 0 Å². The second-order valence-electron chi connectivity index (χ2n) is 1.86. The highest BCUT2D eigenvalue weighted by Gasteiger charge is 2.02. The summed E-state index contributed by atoms with van der Waals surface area (Å²) in [5.74, 6) is -0.710. The quantitative estimate of drug-likeness (QED) is 0.701. The lowest BCUT2D eigenvalue weighted by Crippen LogP contribution is -2.17. The third-order valence-electron chi connectivity index (χ3n) is 0.882. The number of carbonyl (C=O) groups excluding carboxylic acids is 1. The molecule has 0 radical (unpaired) electrons. The second-order valence-corrected chi connectivity index (χ2v) is 2.95. The van der Waals surface area contributed by atoms with E-state index >= 15 is 0 Å². The minimum absolute atomic E-state index is 0.710. The molecule has 2 nitrogen and oxygen atoms in total. The topological polar surface area (TPSA) is 43.1 Å². The Hall–Kier alpha value is -0.730. The molecule has 0 spiro atoms. The number of primary amides is 1. The molecule has 0 heterocycles. The van der Waals surface area contributed by atoms with Crippen molar-refractivity contribution in [3.63, 3.8) is 0 Å². The van der Waals surface area contributed by atoms with Crippen molar-refractivity contribution in [3.8, 4) is 0 Å². The highest BCUT2D eigenvalue weighted by Crippen LogP contribution is 1.97. The fourth-order valence-corrected chi connectivity index (χ4v) is 0.385. The number of benzene rings is 1. The summed E-state index contributed by atoms with van der Waals surface area (Å²) in [6.45, 7) is 0. The average molecular weight is 206 g/mol. The Kier molecular flexibility index (Phi) is 6.53. The van der Waals surface area contributed by atoms with Gasteiger partial charge in [-0.25, -0.2) is 0 Å². The molecule has 12 heavy (non-hydrogen) atoms. The molecule has 0 aliphatic rings. The van der Waals surface area contributed by atoms with Crippen LogP contribution in [-0.4, -0.2) is 10.7 Å². The molecule has 1 aromatic rings. The van der Waals surface area contributed by atoms with Gasteiger partial charge in [0.25, 0.3) is 5.91 Å². The van der Waals surface area contributed by atoms with E-state index in [1.807, 2.05) is 36.4 Å². The molecule has 0 aliphatic carbocycles. The van der Waals surface area contributed by atoms with Gasteiger partial charge in [-0.05, 0) is 0 Å². The molecule has 0 atom stereocenters. The van der Waals surface area contributed by atoms with Crippen LogP contribution in [0.15, 0.2) is 36.4 Å². The Labute approximate surface area is 81.3 Å². The van der Waals surface area contributed by atoms with E-state index in [1.54, 1.807) is 0 Å². The first kappa shape index (κ1) is 11.3. The van der Waals surface area contributed by atoms with Crippen LogP contribution in [-0.2, 0) is 4.79 Å². The van der Waals surface area contributed by atoms with E-state index in [0.717, 1.165) is 0 Å². The number of carbonyl (C=O) groups is 1. The number of hydrogen-bond acceptors (Lipinski definition) is 1. The van der Waals surface area contributed by atoms with Gasteiger partial charge in [0.15, 0.2) is 4.84 Å². The van der Waals surface area contributed by atoms with Crippen LogP contribution in [0.1, 0.15) is 0 Å². The number of nitrogens with two attached hydrogens (primary N) is 1. The SMILES string of the molecule is NC(=O)C(Cl)Cl.c1ccccc1. The summed E-state index contributed by atoms with van der Waals surface area (Å²) in [7, 11) is 0. The van der Waals surface area contributed by atoms with E-state index < -0.39 is 10.7 Å². The summed E-state index contributed by atoms with van der Waals surface area (Å²) < 4.78 is 0. The Balaban J connectivity index is 0.000000202. The first-order valence-corrected chi connectivity index (χ1v) is 4.09. The minimum Gasteiger partial charge on any atom is -0.367 e. The predicted octanol–water partition coefficient (Wildman–Crippen LogP) is 1.96. The van der Waals surface area contributed by atoms with Gasteiger partial charge in [0.2, 0.25) is 0 Å². The van der Waals surface area contributed by atoms with Crippen LogP contribution >= 0.6 is 23.2 Å². The zero-order chi connectivity index (χ0) is 9.40. The summed E-state index contributed by atoms with van der Waals surface area (Å²) in [4.78, 5) is 8.59. The maximum Gasteiger partial charge on any atom is 0.250 e. The van der Waals surface area contributed by atoms with Crippen LogP contribution < -0.4 is 5.73 Å². The van der Waals surface area contributed by atoms with Gasteiger partial charge in [-0.15, -0.1) is 0 Å². The van der Waals surface area contributed by atoms with E-state index in [9.17, 15) is 4.79 Å². The molecule has 0 fully saturated rings. The van der Waals surface area contributed by atoms with Crippen molar-refractivity contribution in [2.75, 3.05) is 0 Å². The van der Waals surface area contributed by atoms with Gasteiger partial charge in [-0.2, -0.15) is 0 Å². The van der Waals surface area contributed by atoms with Gasteiger partial charge in [-0.1, -0.05) is 59.6 Å². The van der Waals surface area contributed by atoms with Crippen molar-refractivity contribution in [1.29, 1.82) is 0 Å². The summed E-state index contributed by atoms with van der Waals surface area (Å²) >= 11 is 9.81. The first-order chi connectivity index (χ1) is 5.64. The summed E-state index contributed by atoms with van der Waals surface area (Å²) in [6.07, 6.45) is 0. The molecule has 1 amide bonds. The predicted molar refractivity (Wildman–Crippen MR) is 51.1 cm³/mol. The average Bonchev–Trinajstić information content (AvgIpc) is 2.08. The van der Waals surface area contributed by atoms with Crippen LogP contribution in [0, 0.1) is 0 Å². The molecule has 0 saturated heterocycles. The molecule has 4 heteroatoms. The molecule has 1 aromatic carbocycles. The third-order valence-corrected chi connectivity index (χ3v) is 1.31. The highest BCUT2D eigenvalue weighted by molar-refractivity contribution is 6.53. The fourth-order valence-electron chi connectivity index (χ4n) is 0.385. The number of hydrogen-bond donors (Lipinski definition) is 1. The molecule has 1 rings (SSSR count). The molecule has 0 saturated carbocycles. The molecule has 0 bridgehead atoms. The maximum atomic E-state index is 9.66. The molecule has 66 valence electrons. The largest absolute Gasteiger partial charge is 0.367 e. The van der Waals surface area contributed by atoms with Crippen LogP contribution in [0.5, 0.6) is 0 Å². The van der Waals surface area contributed by atoms with Crippen molar-refractivity contribution in [2.24, 2.45) is 5.73 Å². The van der Waals surface area contributed by atoms with Crippen molar-refractivity contribution in [1.82, 2.24) is 0 Å². The summed E-state index contributed by atoms with van der Waals surface area (Å²) in [5.41, 5.74) is 4.53. The van der Waals surface area contributed by atoms with Crippen LogP contribution in [0.4, 0.5) is 0 Å². The molecular weight excluding hydrogens is 197 g/mol. The van der Waals surface area contributed by atoms with E-state index in [0.29, 0.717) is 0 Å². The lowest BCUT2D eigenvalue weighted by Gasteiger charge is -1.85. The Morgan fingerprint density at radius 1 is 1.00 bits per heavy atom. The third kappa shape index (κ3) is 7.38. The lowest BCUT2D eigenvalue weighted by molar-refractivity contribution is -0.116. The number of alkyl halides is 2. The second kappa shape index (κ2) is 6.95. The van der Waals surface area contributed by atoms with Gasteiger partial charge < -0.3 is 5.73 Å². The Morgan fingerprint density at radius 2 is 1.17 bits per heavy atom. The Bertz CT molecular complexity index is 187. The van der Waals surface area contributed by atoms with Gasteiger partial charge in [0.05, 0.1) is 0 Å². The van der Waals surface area contributed by atoms with Gasteiger partial charge >= 0.3 is 0 Å². The molecular formula is C8H9Cl2NO. The van der Waals surface area contributed by atoms with Crippen molar-refractivity contribution < 1.29 is 4.79 Å². The number of halogens is 2. The van der Waals surface area contributed by atoms with Gasteiger partial charge in [0, 0.05) is 0 Å². The fraction of sp³-hybridized carbons (Fsp3) is 0.125. The molecule has 0 aromatic heterocycles. The minimum atomic E-state index is -1.06. The van der Waals surface area contributed by atoms with Crippen molar-refractivity contribution >= 4 is 29.1 Å². The normalized spacial score (nSPS) is 8.58. The van der Waals surface area contributed by atoms with E-state index in [2.05, 4.69) is 5.73 Å². The zero-order valence-electron chi connectivity index (χ0n) is 6.28. The van der Waals surface area contributed by atoms with Gasteiger partial charge in [0.1, 0.15) is 0 Å². The zero-order valence-corrected chi connectivity index (χ0v) is 7.79. The highest BCUT2D eigenvalue weighted by atomic mass is 35.5. The number of amides is 1. The van der Waals surface area contributed by atoms with Crippen molar-refractivity contribution in [3.05, 3.63) is 36.4 Å². The van der Waals surface area contributed by atoms with E-state index in [1.165, 1.54) is 0 Å². The standard InChI is InChI=1S/C6H6.C2H3Cl2NO/c1-2-4-6-5-3-1;3-1(4)2(5)6/h1-6H;1H,(H2,5,6). The lowest BCUT2D eigenvalue weighted by atomic mass is 10.4. The molecule has 0 unspecified atom stereocenters. The molecule has 0 aliphatic heterocycles. The van der Waals surface area contributed by atoms with Crippen molar-refractivity contribution in [2.45, 2.75) is 4.84 Å². The molecule has 2 N–H and O–H groups in total. The summed E-state index contributed by atoms with van der Waals surface area (Å²) in [6, 6.07) is 12.0. The smallest absolute Gasteiger partial charge is 0.250 e. The first-order valence-electron chi connectivity index (χ1n) is 3.22. The Morgan fingerprint density at radius 3 is 1.25 bits per heavy atom. The maximum absolute atomic E-state index is 9.66. The van der Waals surface area contributed by atoms with Gasteiger partial charge in [-0.3, -0.25) is 4.79 Å². The number of rotatable bonds is 1. The summed E-state index contributed by atoms with van der Waals surface area (Å²) in [5, 5.41) is 0.